The zero-order valence-electron chi connectivity index (χ0n) is 15.4. The molecule has 0 saturated carbocycles. The molecule has 2 N–H and O–H groups in total. The zero-order valence-corrected chi connectivity index (χ0v) is 17.4. The number of unbranched alkanes of at least 4 members (excludes halogenated alkanes) is 11. The summed E-state index contributed by atoms with van der Waals surface area (Å²) in [5, 5.41) is 0. The SMILES string of the molecule is CCCCCCCCCCCCCC.Nc1ccccc1.[Na]. The van der Waals surface area contributed by atoms with Crippen LogP contribution in [0.5, 0.6) is 0 Å². The summed E-state index contributed by atoms with van der Waals surface area (Å²) in [6, 6.07) is 9.49. The van der Waals surface area contributed by atoms with E-state index in [2.05, 4.69) is 13.8 Å². The maximum absolute atomic E-state index is 5.36. The number of para-hydroxylation sites is 1. The van der Waals surface area contributed by atoms with Crippen LogP contribution in [0.2, 0.25) is 0 Å². The van der Waals surface area contributed by atoms with Gasteiger partial charge in [0.1, 0.15) is 0 Å². The normalized spacial score (nSPS) is 9.55. The molecular formula is C20H37NNa. The molecule has 0 saturated heterocycles. The molecule has 2 heteroatoms. The smallest absolute Gasteiger partial charge is 0.0313 e. The first-order valence-electron chi connectivity index (χ1n) is 9.11. The minimum atomic E-state index is 0. The van der Waals surface area contributed by atoms with E-state index in [1.165, 1.54) is 77.0 Å². The van der Waals surface area contributed by atoms with Gasteiger partial charge in [-0.15, -0.1) is 0 Å². The molecule has 1 aromatic rings. The standard InChI is InChI=1S/C14H30.C6H7N.Na/c1-3-5-7-9-11-13-14-12-10-8-6-4-2;7-6-4-2-1-3-5-6;/h3-14H2,1-2H3;1-5H,7H2;. The summed E-state index contributed by atoms with van der Waals surface area (Å²) in [6.07, 6.45) is 17.4. The van der Waals surface area contributed by atoms with Crippen molar-refractivity contribution in [1.29, 1.82) is 0 Å². The molecular weight excluding hydrogens is 277 g/mol. The molecule has 0 bridgehead atoms. The quantitative estimate of drug-likeness (QED) is 0.278. The second-order valence-electron chi connectivity index (χ2n) is 5.95. The molecule has 0 unspecified atom stereocenters. The molecule has 0 aliphatic heterocycles. The Morgan fingerprint density at radius 1 is 0.591 bits per heavy atom. The summed E-state index contributed by atoms with van der Waals surface area (Å²) in [6.45, 7) is 4.57. The van der Waals surface area contributed by atoms with Crippen molar-refractivity contribution in [3.63, 3.8) is 0 Å². The first-order valence-corrected chi connectivity index (χ1v) is 9.11. The van der Waals surface area contributed by atoms with Crippen LogP contribution in [0.4, 0.5) is 5.69 Å². The third-order valence-electron chi connectivity index (χ3n) is 3.76. The molecule has 0 fully saturated rings. The van der Waals surface area contributed by atoms with Gasteiger partial charge in [0, 0.05) is 35.2 Å². The predicted molar refractivity (Wildman–Crippen MR) is 103 cm³/mol. The number of rotatable bonds is 11. The van der Waals surface area contributed by atoms with E-state index in [0.717, 1.165) is 5.69 Å². The van der Waals surface area contributed by atoms with E-state index in [4.69, 9.17) is 5.73 Å². The largest absolute Gasteiger partial charge is 0.399 e. The average Bonchev–Trinajstić information content (AvgIpc) is 2.51. The maximum Gasteiger partial charge on any atom is 0.0313 e. The van der Waals surface area contributed by atoms with Gasteiger partial charge in [0.15, 0.2) is 0 Å². The first kappa shape index (κ1) is 24.3. The number of nitrogens with two attached hydrogens (primary N) is 1. The van der Waals surface area contributed by atoms with Crippen LogP contribution in [-0.4, -0.2) is 29.6 Å². The van der Waals surface area contributed by atoms with Gasteiger partial charge in [0.25, 0.3) is 0 Å². The van der Waals surface area contributed by atoms with Crippen molar-refractivity contribution < 1.29 is 0 Å². The molecule has 0 atom stereocenters. The average molecular weight is 315 g/mol. The molecule has 22 heavy (non-hydrogen) atoms. The Bertz CT molecular complexity index is 275. The summed E-state index contributed by atoms with van der Waals surface area (Å²) in [7, 11) is 0. The Labute approximate surface area is 161 Å². The number of anilines is 1. The minimum Gasteiger partial charge on any atom is -0.399 e. The summed E-state index contributed by atoms with van der Waals surface area (Å²) >= 11 is 0. The number of benzene rings is 1. The molecule has 0 amide bonds. The van der Waals surface area contributed by atoms with Gasteiger partial charge >= 0.3 is 0 Å². The van der Waals surface area contributed by atoms with Gasteiger partial charge in [0.05, 0.1) is 0 Å². The van der Waals surface area contributed by atoms with E-state index >= 15 is 0 Å². The molecule has 0 aromatic heterocycles. The van der Waals surface area contributed by atoms with E-state index in [9.17, 15) is 0 Å². The molecule has 1 rings (SSSR count). The topological polar surface area (TPSA) is 26.0 Å². The van der Waals surface area contributed by atoms with Crippen LogP contribution in [-0.2, 0) is 0 Å². The third kappa shape index (κ3) is 20.0. The fraction of sp³-hybridized carbons (Fsp3) is 0.700. The van der Waals surface area contributed by atoms with Crippen molar-refractivity contribution in [2.75, 3.05) is 5.73 Å². The monoisotopic (exact) mass is 314 g/mol. The Kier molecular flexibility index (Phi) is 23.2. The molecule has 1 nitrogen and oxygen atoms in total. The van der Waals surface area contributed by atoms with Crippen LogP contribution in [0.15, 0.2) is 30.3 Å². The maximum atomic E-state index is 5.36. The number of hydrogen-bond acceptors (Lipinski definition) is 1. The molecule has 0 spiro atoms. The Hall–Kier alpha value is 0.0200. The molecule has 1 radical (unpaired) electrons. The van der Waals surface area contributed by atoms with Crippen molar-refractivity contribution in [2.24, 2.45) is 0 Å². The van der Waals surface area contributed by atoms with Gasteiger partial charge in [-0.3, -0.25) is 0 Å². The van der Waals surface area contributed by atoms with Gasteiger partial charge in [-0.25, -0.2) is 0 Å². The predicted octanol–water partition coefficient (Wildman–Crippen LogP) is 6.60. The molecule has 123 valence electrons. The van der Waals surface area contributed by atoms with Crippen LogP contribution >= 0.6 is 0 Å². The van der Waals surface area contributed by atoms with E-state index in [-0.39, 0.29) is 29.6 Å². The third-order valence-corrected chi connectivity index (χ3v) is 3.76. The van der Waals surface area contributed by atoms with Crippen molar-refractivity contribution in [1.82, 2.24) is 0 Å². The summed E-state index contributed by atoms with van der Waals surface area (Å²) < 4.78 is 0. The molecule has 0 aliphatic carbocycles. The Morgan fingerprint density at radius 3 is 1.14 bits per heavy atom. The zero-order chi connectivity index (χ0) is 15.6. The second-order valence-corrected chi connectivity index (χ2v) is 5.95. The van der Waals surface area contributed by atoms with Crippen LogP contribution in [0.25, 0.3) is 0 Å². The first-order chi connectivity index (χ1) is 10.3. The van der Waals surface area contributed by atoms with Gasteiger partial charge in [-0.2, -0.15) is 0 Å². The molecule has 0 aliphatic rings. The molecule has 1 aromatic carbocycles. The van der Waals surface area contributed by atoms with E-state index in [1.807, 2.05) is 30.3 Å². The summed E-state index contributed by atoms with van der Waals surface area (Å²) in [5.41, 5.74) is 6.18. The van der Waals surface area contributed by atoms with Crippen molar-refractivity contribution in [3.05, 3.63) is 30.3 Å². The van der Waals surface area contributed by atoms with Gasteiger partial charge < -0.3 is 5.73 Å². The second kappa shape index (κ2) is 21.0. The Morgan fingerprint density at radius 2 is 0.909 bits per heavy atom. The van der Waals surface area contributed by atoms with Crippen LogP contribution < -0.4 is 5.73 Å². The summed E-state index contributed by atoms with van der Waals surface area (Å²) in [4.78, 5) is 0. The molecule has 0 heterocycles. The van der Waals surface area contributed by atoms with Crippen molar-refractivity contribution in [3.8, 4) is 0 Å². The number of hydrogen-bond donors (Lipinski definition) is 1. The van der Waals surface area contributed by atoms with E-state index in [0.29, 0.717) is 0 Å². The summed E-state index contributed by atoms with van der Waals surface area (Å²) in [5.74, 6) is 0. The van der Waals surface area contributed by atoms with Crippen LogP contribution in [0, 0.1) is 0 Å². The van der Waals surface area contributed by atoms with E-state index < -0.39 is 0 Å². The van der Waals surface area contributed by atoms with Crippen molar-refractivity contribution >= 4 is 35.2 Å². The van der Waals surface area contributed by atoms with Crippen molar-refractivity contribution in [2.45, 2.75) is 90.9 Å². The number of nitrogen functional groups attached to an aromatic ring is 1. The minimum absolute atomic E-state index is 0. The van der Waals surface area contributed by atoms with Crippen LogP contribution in [0.1, 0.15) is 90.9 Å². The van der Waals surface area contributed by atoms with Crippen LogP contribution in [0.3, 0.4) is 0 Å². The van der Waals surface area contributed by atoms with Gasteiger partial charge in [-0.1, -0.05) is 109 Å². The van der Waals surface area contributed by atoms with E-state index in [1.54, 1.807) is 0 Å². The Balaban J connectivity index is 0. The fourth-order valence-electron chi connectivity index (χ4n) is 2.37. The fourth-order valence-corrected chi connectivity index (χ4v) is 2.37. The van der Waals surface area contributed by atoms with Gasteiger partial charge in [-0.05, 0) is 12.1 Å². The van der Waals surface area contributed by atoms with Gasteiger partial charge in [0.2, 0.25) is 0 Å².